The number of hydrogen-bond donors (Lipinski definition) is 1. The Morgan fingerprint density at radius 2 is 1.91 bits per heavy atom. The lowest BCUT2D eigenvalue weighted by Crippen LogP contribution is -2.49. The Balaban J connectivity index is 1.35. The van der Waals surface area contributed by atoms with Crippen molar-refractivity contribution in [2.75, 3.05) is 13.1 Å². The summed E-state index contributed by atoms with van der Waals surface area (Å²) in [5, 5.41) is 8.64. The molecular weight excluding hydrogens is 430 g/mol. The first-order chi connectivity index (χ1) is 16.6. The molecule has 5 rings (SSSR count). The molecule has 1 aliphatic heterocycles. The Kier molecular flexibility index (Phi) is 6.03. The van der Waals surface area contributed by atoms with Crippen molar-refractivity contribution in [2.45, 2.75) is 32.2 Å². The average molecular weight is 456 g/mol. The van der Waals surface area contributed by atoms with E-state index in [2.05, 4.69) is 20.4 Å². The third-order valence-corrected chi connectivity index (χ3v) is 6.19. The molecule has 1 N–H and O–H groups in total. The summed E-state index contributed by atoms with van der Waals surface area (Å²) < 4.78 is 5.32. The van der Waals surface area contributed by atoms with Crippen LogP contribution in [0.3, 0.4) is 0 Å². The number of hydrogen-bond acceptors (Lipinski definition) is 6. The van der Waals surface area contributed by atoms with Gasteiger partial charge in [-0.05, 0) is 49.8 Å². The molecule has 3 heterocycles. The zero-order chi connectivity index (χ0) is 23.5. The van der Waals surface area contributed by atoms with E-state index in [-0.39, 0.29) is 17.9 Å². The summed E-state index contributed by atoms with van der Waals surface area (Å²) in [6.45, 7) is 2.73. The van der Waals surface area contributed by atoms with Crippen molar-refractivity contribution in [1.29, 1.82) is 0 Å². The third kappa shape index (κ3) is 4.26. The standard InChI is InChI=1S/C26H25N5O3/c1-17-29-25(34-30-17)21-11-4-5-12-22(21)26(33)31-15-7-6-9-19(31)16-28-24(32)23-20-10-3-2-8-18(20)13-14-27-23/h2-5,8,10-14,19H,6-7,9,15-16H2,1H3,(H,28,32). The number of amides is 2. The molecule has 8 heteroatoms. The van der Waals surface area contributed by atoms with Gasteiger partial charge in [-0.25, -0.2) is 0 Å². The van der Waals surface area contributed by atoms with E-state index in [1.165, 1.54) is 0 Å². The second-order valence-corrected chi connectivity index (χ2v) is 8.43. The third-order valence-electron chi connectivity index (χ3n) is 6.19. The fraction of sp³-hybridized carbons (Fsp3) is 0.269. The summed E-state index contributed by atoms with van der Waals surface area (Å²) in [7, 11) is 0. The lowest BCUT2D eigenvalue weighted by Gasteiger charge is -2.36. The molecule has 34 heavy (non-hydrogen) atoms. The SMILES string of the molecule is Cc1noc(-c2ccccc2C(=O)N2CCCCC2CNC(=O)c2nccc3ccccc23)n1. The Labute approximate surface area is 197 Å². The number of likely N-dealkylation sites (tertiary alicyclic amines) is 1. The first kappa shape index (κ1) is 21.8. The van der Waals surface area contributed by atoms with Gasteiger partial charge in [0, 0.05) is 30.7 Å². The fourth-order valence-electron chi connectivity index (χ4n) is 4.49. The number of rotatable bonds is 5. The van der Waals surface area contributed by atoms with E-state index in [0.29, 0.717) is 41.6 Å². The molecule has 1 aliphatic rings. The van der Waals surface area contributed by atoms with Gasteiger partial charge in [-0.1, -0.05) is 41.6 Å². The van der Waals surface area contributed by atoms with Crippen LogP contribution in [0.4, 0.5) is 0 Å². The maximum Gasteiger partial charge on any atom is 0.270 e. The minimum absolute atomic E-state index is 0.103. The number of aromatic nitrogens is 3. The van der Waals surface area contributed by atoms with Gasteiger partial charge >= 0.3 is 0 Å². The van der Waals surface area contributed by atoms with Crippen molar-refractivity contribution in [3.05, 3.63) is 77.9 Å². The van der Waals surface area contributed by atoms with Gasteiger partial charge < -0.3 is 14.7 Å². The lowest BCUT2D eigenvalue weighted by atomic mass is 9.98. The van der Waals surface area contributed by atoms with Crippen molar-refractivity contribution in [3.63, 3.8) is 0 Å². The molecule has 0 aliphatic carbocycles. The molecule has 172 valence electrons. The Morgan fingerprint density at radius 1 is 1.09 bits per heavy atom. The van der Waals surface area contributed by atoms with Crippen LogP contribution in [-0.2, 0) is 0 Å². The monoisotopic (exact) mass is 455 g/mol. The molecule has 2 aromatic heterocycles. The van der Waals surface area contributed by atoms with Crippen LogP contribution in [0.25, 0.3) is 22.2 Å². The molecule has 1 atom stereocenters. The number of carbonyl (C=O) groups is 2. The molecule has 4 aromatic rings. The van der Waals surface area contributed by atoms with Gasteiger partial charge in [-0.15, -0.1) is 0 Å². The molecule has 1 unspecified atom stereocenters. The molecule has 8 nitrogen and oxygen atoms in total. The smallest absolute Gasteiger partial charge is 0.270 e. The predicted octanol–water partition coefficient (Wildman–Crippen LogP) is 4.02. The van der Waals surface area contributed by atoms with E-state index in [9.17, 15) is 9.59 Å². The summed E-state index contributed by atoms with van der Waals surface area (Å²) in [4.78, 5) is 37.0. The Hall–Kier alpha value is -4.07. The normalized spacial score (nSPS) is 15.9. The topological polar surface area (TPSA) is 101 Å². The highest BCUT2D eigenvalue weighted by atomic mass is 16.5. The van der Waals surface area contributed by atoms with Gasteiger partial charge in [-0.2, -0.15) is 4.98 Å². The molecule has 2 amide bonds. The predicted molar refractivity (Wildman–Crippen MR) is 127 cm³/mol. The fourth-order valence-corrected chi connectivity index (χ4v) is 4.49. The van der Waals surface area contributed by atoms with Gasteiger partial charge in [0.15, 0.2) is 5.82 Å². The molecule has 2 aromatic carbocycles. The average Bonchev–Trinajstić information content (AvgIpc) is 3.32. The van der Waals surface area contributed by atoms with E-state index in [1.807, 2.05) is 53.4 Å². The van der Waals surface area contributed by atoms with Crippen molar-refractivity contribution >= 4 is 22.6 Å². The summed E-state index contributed by atoms with van der Waals surface area (Å²) in [5.74, 6) is 0.494. The molecule has 1 saturated heterocycles. The van der Waals surface area contributed by atoms with E-state index in [4.69, 9.17) is 4.52 Å². The van der Waals surface area contributed by atoms with Crippen molar-refractivity contribution < 1.29 is 14.1 Å². The van der Waals surface area contributed by atoms with E-state index < -0.39 is 0 Å². The van der Waals surface area contributed by atoms with Gasteiger partial charge in [0.25, 0.3) is 17.7 Å². The van der Waals surface area contributed by atoms with Crippen LogP contribution in [0.5, 0.6) is 0 Å². The summed E-state index contributed by atoms with van der Waals surface area (Å²) in [6, 6.07) is 16.7. The molecule has 0 spiro atoms. The molecule has 0 radical (unpaired) electrons. The zero-order valence-electron chi connectivity index (χ0n) is 18.9. The first-order valence-corrected chi connectivity index (χ1v) is 11.4. The largest absolute Gasteiger partial charge is 0.349 e. The molecule has 0 saturated carbocycles. The van der Waals surface area contributed by atoms with Crippen LogP contribution in [0.1, 0.15) is 45.9 Å². The van der Waals surface area contributed by atoms with E-state index in [1.54, 1.807) is 19.2 Å². The van der Waals surface area contributed by atoms with E-state index in [0.717, 1.165) is 30.0 Å². The maximum atomic E-state index is 13.6. The lowest BCUT2D eigenvalue weighted by molar-refractivity contribution is 0.0602. The number of nitrogens with zero attached hydrogens (tertiary/aromatic N) is 4. The van der Waals surface area contributed by atoms with Gasteiger partial charge in [0.1, 0.15) is 5.69 Å². The van der Waals surface area contributed by atoms with Crippen LogP contribution in [0.2, 0.25) is 0 Å². The van der Waals surface area contributed by atoms with Crippen LogP contribution >= 0.6 is 0 Å². The van der Waals surface area contributed by atoms with Crippen LogP contribution in [0.15, 0.2) is 65.3 Å². The van der Waals surface area contributed by atoms with Gasteiger partial charge in [0.05, 0.1) is 11.1 Å². The highest BCUT2D eigenvalue weighted by Gasteiger charge is 2.30. The van der Waals surface area contributed by atoms with Crippen molar-refractivity contribution in [2.24, 2.45) is 0 Å². The molecular formula is C26H25N5O3. The number of carbonyl (C=O) groups excluding carboxylic acids is 2. The second kappa shape index (κ2) is 9.43. The summed E-state index contributed by atoms with van der Waals surface area (Å²) >= 11 is 0. The zero-order valence-corrected chi connectivity index (χ0v) is 18.9. The summed E-state index contributed by atoms with van der Waals surface area (Å²) in [5.41, 5.74) is 1.52. The van der Waals surface area contributed by atoms with Crippen molar-refractivity contribution in [1.82, 2.24) is 25.3 Å². The van der Waals surface area contributed by atoms with Crippen LogP contribution in [0, 0.1) is 6.92 Å². The van der Waals surface area contributed by atoms with Crippen LogP contribution in [-0.4, -0.2) is 51.0 Å². The quantitative estimate of drug-likeness (QED) is 0.488. The number of pyridine rings is 1. The van der Waals surface area contributed by atoms with Crippen LogP contribution < -0.4 is 5.32 Å². The highest BCUT2D eigenvalue weighted by molar-refractivity contribution is 6.05. The number of aryl methyl sites for hydroxylation is 1. The first-order valence-electron chi connectivity index (χ1n) is 11.4. The number of nitrogens with one attached hydrogen (secondary N) is 1. The Bertz CT molecular complexity index is 1340. The number of piperidine rings is 1. The number of fused-ring (bicyclic) bond motifs is 1. The molecule has 0 bridgehead atoms. The minimum atomic E-state index is -0.239. The van der Waals surface area contributed by atoms with Gasteiger partial charge in [0.2, 0.25) is 0 Å². The highest BCUT2D eigenvalue weighted by Crippen LogP contribution is 2.26. The van der Waals surface area contributed by atoms with Gasteiger partial charge in [-0.3, -0.25) is 14.6 Å². The maximum absolute atomic E-state index is 13.6. The molecule has 1 fully saturated rings. The second-order valence-electron chi connectivity index (χ2n) is 8.43. The van der Waals surface area contributed by atoms with Crippen molar-refractivity contribution in [3.8, 4) is 11.5 Å². The van der Waals surface area contributed by atoms with E-state index >= 15 is 0 Å². The summed E-state index contributed by atoms with van der Waals surface area (Å²) in [6.07, 6.45) is 4.38. The number of benzene rings is 2. The Morgan fingerprint density at radius 3 is 2.76 bits per heavy atom. The minimum Gasteiger partial charge on any atom is -0.349 e.